The van der Waals surface area contributed by atoms with Crippen LogP contribution in [0.4, 0.5) is 0 Å². The molecule has 1 N–H and O–H groups in total. The van der Waals surface area contributed by atoms with Gasteiger partial charge in [-0.3, -0.25) is 0 Å². The van der Waals surface area contributed by atoms with Crippen LogP contribution in [0.5, 0.6) is 0 Å². The molecule has 14 heavy (non-hydrogen) atoms. The van der Waals surface area contributed by atoms with Crippen molar-refractivity contribution in [3.63, 3.8) is 0 Å². The molecule has 0 radical (unpaired) electrons. The molecule has 0 rings (SSSR count). The normalized spacial score (nSPS) is 16.9. The summed E-state index contributed by atoms with van der Waals surface area (Å²) in [6.07, 6.45) is 5.71. The molecular weight excluding hydrogens is 180 g/mol. The average molecular weight is 200 g/mol. The van der Waals surface area contributed by atoms with Gasteiger partial charge in [0, 0.05) is 0 Å². The lowest BCUT2D eigenvalue weighted by Crippen LogP contribution is -2.22. The summed E-state index contributed by atoms with van der Waals surface area (Å²) in [6, 6.07) is 0. The highest BCUT2D eigenvalue weighted by atomic mass is 17.2. The van der Waals surface area contributed by atoms with Gasteiger partial charge in [0.1, 0.15) is 5.60 Å². The van der Waals surface area contributed by atoms with Gasteiger partial charge in [0.25, 0.3) is 0 Å². The van der Waals surface area contributed by atoms with E-state index in [0.717, 1.165) is 0 Å². The van der Waals surface area contributed by atoms with Crippen molar-refractivity contribution in [1.29, 1.82) is 0 Å². The van der Waals surface area contributed by atoms with Crippen molar-refractivity contribution in [3.05, 3.63) is 24.8 Å². The smallest absolute Gasteiger partial charge is 0.116 e. The van der Waals surface area contributed by atoms with E-state index in [1.165, 1.54) is 13.2 Å². The molecular formula is C11H20O3. The van der Waals surface area contributed by atoms with E-state index in [1.54, 1.807) is 6.92 Å². The topological polar surface area (TPSA) is 38.7 Å². The van der Waals surface area contributed by atoms with Gasteiger partial charge in [0.15, 0.2) is 0 Å². The van der Waals surface area contributed by atoms with Gasteiger partial charge >= 0.3 is 0 Å². The predicted molar refractivity (Wildman–Crippen MR) is 56.8 cm³/mol. The van der Waals surface area contributed by atoms with Crippen LogP contribution in [0, 0.1) is 0 Å². The summed E-state index contributed by atoms with van der Waals surface area (Å²) in [5.41, 5.74) is -1.34. The number of aliphatic hydroxyl groups is 1. The Morgan fingerprint density at radius 3 is 2.36 bits per heavy atom. The minimum Gasteiger partial charge on any atom is -0.386 e. The first-order chi connectivity index (χ1) is 6.33. The summed E-state index contributed by atoms with van der Waals surface area (Å²) >= 11 is 0. The van der Waals surface area contributed by atoms with Crippen LogP contribution in [0.3, 0.4) is 0 Å². The fourth-order valence-electron chi connectivity index (χ4n) is 0.907. The van der Waals surface area contributed by atoms with E-state index in [0.29, 0.717) is 6.42 Å². The van der Waals surface area contributed by atoms with Gasteiger partial charge in [-0.25, -0.2) is 9.78 Å². The van der Waals surface area contributed by atoms with Crippen LogP contribution < -0.4 is 0 Å². The quantitative estimate of drug-likeness (QED) is 0.406. The van der Waals surface area contributed by atoms with Gasteiger partial charge in [-0.15, -0.1) is 6.58 Å². The molecule has 0 fully saturated rings. The maximum Gasteiger partial charge on any atom is 0.116 e. The van der Waals surface area contributed by atoms with Crippen LogP contribution >= 0.6 is 0 Å². The summed E-state index contributed by atoms with van der Waals surface area (Å²) in [5, 5.41) is 9.61. The fourth-order valence-corrected chi connectivity index (χ4v) is 0.907. The predicted octanol–water partition coefficient (Wildman–Crippen LogP) is 2.23. The van der Waals surface area contributed by atoms with Crippen molar-refractivity contribution < 1.29 is 14.9 Å². The van der Waals surface area contributed by atoms with Gasteiger partial charge in [0.05, 0.1) is 12.7 Å². The van der Waals surface area contributed by atoms with E-state index in [9.17, 15) is 5.11 Å². The molecule has 0 aliphatic carbocycles. The van der Waals surface area contributed by atoms with E-state index in [4.69, 9.17) is 4.89 Å². The molecule has 0 saturated carbocycles. The second-order valence-electron chi connectivity index (χ2n) is 4.02. The first-order valence-electron chi connectivity index (χ1n) is 4.58. The zero-order valence-corrected chi connectivity index (χ0v) is 9.41. The largest absolute Gasteiger partial charge is 0.386 e. The molecule has 0 amide bonds. The van der Waals surface area contributed by atoms with E-state index in [-0.39, 0.29) is 0 Å². The zero-order chi connectivity index (χ0) is 11.2. The molecule has 0 bridgehead atoms. The molecule has 3 nitrogen and oxygen atoms in total. The van der Waals surface area contributed by atoms with Crippen LogP contribution in [-0.2, 0) is 9.78 Å². The molecule has 0 aromatic carbocycles. The lowest BCUT2D eigenvalue weighted by atomic mass is 10.0. The van der Waals surface area contributed by atoms with Crippen LogP contribution in [0.25, 0.3) is 0 Å². The molecule has 0 aromatic heterocycles. The van der Waals surface area contributed by atoms with Crippen LogP contribution in [0.1, 0.15) is 27.2 Å². The molecule has 0 aliphatic heterocycles. The Morgan fingerprint density at radius 2 is 1.93 bits per heavy atom. The highest BCUT2D eigenvalue weighted by Gasteiger charge is 2.17. The summed E-state index contributed by atoms with van der Waals surface area (Å²) in [6.45, 7) is 8.99. The van der Waals surface area contributed by atoms with E-state index < -0.39 is 11.2 Å². The molecule has 82 valence electrons. The SMILES string of the molecule is C=CC(C)(O)C/C=C/C(C)(C)OOC. The molecule has 0 spiro atoms. The minimum atomic E-state index is -0.861. The van der Waals surface area contributed by atoms with Gasteiger partial charge in [-0.05, 0) is 27.2 Å². The highest BCUT2D eigenvalue weighted by molar-refractivity contribution is 5.03. The Balaban J connectivity index is 4.11. The van der Waals surface area contributed by atoms with E-state index in [2.05, 4.69) is 11.5 Å². The second-order valence-corrected chi connectivity index (χ2v) is 4.02. The third kappa shape index (κ3) is 5.91. The fraction of sp³-hybridized carbons (Fsp3) is 0.636. The maximum atomic E-state index is 9.61. The van der Waals surface area contributed by atoms with Crippen molar-refractivity contribution in [2.24, 2.45) is 0 Å². The lowest BCUT2D eigenvalue weighted by molar-refractivity contribution is -0.321. The lowest BCUT2D eigenvalue weighted by Gasteiger charge is -2.19. The van der Waals surface area contributed by atoms with Gasteiger partial charge in [-0.2, -0.15) is 0 Å². The Hall–Kier alpha value is -0.640. The second kappa shape index (κ2) is 5.29. The summed E-state index contributed by atoms with van der Waals surface area (Å²) in [4.78, 5) is 9.57. The minimum absolute atomic E-state index is 0.480. The molecule has 3 heteroatoms. The number of hydrogen-bond donors (Lipinski definition) is 1. The average Bonchev–Trinajstić information content (AvgIpc) is 2.03. The first-order valence-corrected chi connectivity index (χ1v) is 4.58. The van der Waals surface area contributed by atoms with Crippen molar-refractivity contribution in [2.45, 2.75) is 38.4 Å². The number of hydrogen-bond acceptors (Lipinski definition) is 3. The first kappa shape index (κ1) is 13.4. The Morgan fingerprint density at radius 1 is 1.36 bits per heavy atom. The highest BCUT2D eigenvalue weighted by Crippen LogP contribution is 2.15. The molecule has 1 unspecified atom stereocenters. The maximum absolute atomic E-state index is 9.61. The van der Waals surface area contributed by atoms with Crippen molar-refractivity contribution in [2.75, 3.05) is 7.11 Å². The van der Waals surface area contributed by atoms with Gasteiger partial charge < -0.3 is 5.11 Å². The molecule has 0 saturated heterocycles. The van der Waals surface area contributed by atoms with Crippen LogP contribution in [-0.4, -0.2) is 23.4 Å². The van der Waals surface area contributed by atoms with Crippen molar-refractivity contribution >= 4 is 0 Å². The zero-order valence-electron chi connectivity index (χ0n) is 9.41. The van der Waals surface area contributed by atoms with Crippen molar-refractivity contribution in [3.8, 4) is 0 Å². The molecule has 0 aromatic rings. The Bertz CT molecular complexity index is 205. The molecule has 0 aliphatic rings. The molecule has 1 atom stereocenters. The van der Waals surface area contributed by atoms with E-state index in [1.807, 2.05) is 26.0 Å². The third-order valence-corrected chi connectivity index (χ3v) is 1.79. The Kier molecular flexibility index (Phi) is 5.05. The monoisotopic (exact) mass is 200 g/mol. The van der Waals surface area contributed by atoms with E-state index >= 15 is 0 Å². The molecule has 0 heterocycles. The number of rotatable bonds is 6. The third-order valence-electron chi connectivity index (χ3n) is 1.79. The summed E-state index contributed by atoms with van der Waals surface area (Å²) in [7, 11) is 1.47. The van der Waals surface area contributed by atoms with Crippen molar-refractivity contribution in [1.82, 2.24) is 0 Å². The summed E-state index contributed by atoms with van der Waals surface area (Å²) < 4.78 is 0. The van der Waals surface area contributed by atoms with Crippen LogP contribution in [0.15, 0.2) is 24.8 Å². The standard InChI is InChI=1S/C11H20O3/c1-6-11(4,12)9-7-8-10(2,3)14-13-5/h6-8,12H,1,9H2,2-5H3/b8-7+. The van der Waals surface area contributed by atoms with Crippen LogP contribution in [0.2, 0.25) is 0 Å². The van der Waals surface area contributed by atoms with Gasteiger partial charge in [-0.1, -0.05) is 18.2 Å². The summed E-state index contributed by atoms with van der Waals surface area (Å²) in [5.74, 6) is 0. The Labute approximate surface area is 86.0 Å². The van der Waals surface area contributed by atoms with Gasteiger partial charge in [0.2, 0.25) is 0 Å².